The molecule has 0 saturated heterocycles. The highest BCUT2D eigenvalue weighted by molar-refractivity contribution is 6.02. The predicted molar refractivity (Wildman–Crippen MR) is 100 cm³/mol. The van der Waals surface area contributed by atoms with Gasteiger partial charge < -0.3 is 9.84 Å². The Hall–Kier alpha value is -1.16. The van der Waals surface area contributed by atoms with E-state index in [9.17, 15) is 14.7 Å². The summed E-state index contributed by atoms with van der Waals surface area (Å²) >= 11 is 0. The molecule has 0 aromatic heterocycles. The smallest absolute Gasteiger partial charge is 0.303 e. The summed E-state index contributed by atoms with van der Waals surface area (Å²) in [6.45, 7) is 9.74. The van der Waals surface area contributed by atoms with Crippen molar-refractivity contribution in [1.29, 1.82) is 0 Å². The molecule has 1 fully saturated rings. The lowest BCUT2D eigenvalue weighted by atomic mass is 9.60. The summed E-state index contributed by atoms with van der Waals surface area (Å²) in [6.07, 6.45) is 5.60. The van der Waals surface area contributed by atoms with E-state index in [1.165, 1.54) is 6.92 Å². The molecule has 0 radical (unpaired) electrons. The first kappa shape index (κ1) is 19.6. The van der Waals surface area contributed by atoms with E-state index in [0.29, 0.717) is 5.92 Å². The van der Waals surface area contributed by atoms with Gasteiger partial charge in [0.05, 0.1) is 5.60 Å². The van der Waals surface area contributed by atoms with Gasteiger partial charge in [-0.1, -0.05) is 32.3 Å². The normalized spacial score (nSPS) is 43.8. The maximum absolute atomic E-state index is 13.3. The van der Waals surface area contributed by atoms with Crippen molar-refractivity contribution >= 4 is 11.8 Å². The summed E-state index contributed by atoms with van der Waals surface area (Å²) in [5.74, 6) is 0.348. The molecule has 3 aliphatic carbocycles. The quantitative estimate of drug-likeness (QED) is 0.710. The van der Waals surface area contributed by atoms with Crippen molar-refractivity contribution in [3.05, 3.63) is 11.1 Å². The van der Waals surface area contributed by atoms with Crippen LogP contribution in [0.5, 0.6) is 0 Å². The molecule has 0 heterocycles. The average molecular weight is 363 g/mol. The monoisotopic (exact) mass is 362 g/mol. The van der Waals surface area contributed by atoms with Crippen LogP contribution in [0.3, 0.4) is 0 Å². The lowest BCUT2D eigenvalue weighted by Crippen LogP contribution is -2.52. The van der Waals surface area contributed by atoms with E-state index < -0.39 is 23.1 Å². The highest BCUT2D eigenvalue weighted by Crippen LogP contribution is 2.60. The second-order valence-corrected chi connectivity index (χ2v) is 9.54. The number of ether oxygens (including phenoxy) is 1. The zero-order valence-electron chi connectivity index (χ0n) is 16.9. The summed E-state index contributed by atoms with van der Waals surface area (Å²) in [5, 5.41) is 11.3. The summed E-state index contributed by atoms with van der Waals surface area (Å²) in [7, 11) is 0. The molecular weight excluding hydrogens is 328 g/mol. The molecule has 4 nitrogen and oxygen atoms in total. The molecule has 0 spiro atoms. The molecule has 0 aliphatic heterocycles. The summed E-state index contributed by atoms with van der Waals surface area (Å²) in [4.78, 5) is 25.0. The van der Waals surface area contributed by atoms with E-state index in [-0.39, 0.29) is 17.6 Å². The molecule has 146 valence electrons. The van der Waals surface area contributed by atoms with Gasteiger partial charge in [-0.2, -0.15) is 0 Å². The lowest BCUT2D eigenvalue weighted by molar-refractivity contribution is -0.163. The number of esters is 1. The molecular formula is C22H34O4. The SMILES string of the molecule is CC(=O)O[C@H]1C(=O)C2=C(C)[C@@H]3[C@@H](CC[C@@]31C)[C@](C)(O)CCC[C@H](C)CC2. The summed E-state index contributed by atoms with van der Waals surface area (Å²) < 4.78 is 5.61. The Morgan fingerprint density at radius 3 is 2.54 bits per heavy atom. The molecule has 0 aromatic rings. The number of carbonyl (C=O) groups is 2. The number of allylic oxidation sites excluding steroid dienone is 1. The van der Waals surface area contributed by atoms with Gasteiger partial charge in [-0.3, -0.25) is 9.59 Å². The molecule has 1 saturated carbocycles. The average Bonchev–Trinajstić information content (AvgIpc) is 2.89. The molecule has 3 rings (SSSR count). The molecule has 0 unspecified atom stereocenters. The zero-order chi connectivity index (χ0) is 19.3. The Labute approximate surface area is 157 Å². The molecule has 26 heavy (non-hydrogen) atoms. The molecule has 0 amide bonds. The van der Waals surface area contributed by atoms with E-state index in [2.05, 4.69) is 20.8 Å². The standard InChI is InChI=1S/C22H34O4/c1-13-7-6-11-22(5,25)17-10-12-21(4)18(17)14(2)16(9-8-13)19(24)20(21)26-15(3)23/h13,17-18,20,25H,6-12H2,1-5H3/t13-,17+,18+,20-,21-,22+/m0/s1. The second-order valence-electron chi connectivity index (χ2n) is 9.54. The summed E-state index contributed by atoms with van der Waals surface area (Å²) in [6, 6.07) is 0. The Bertz CT molecular complexity index is 632. The first-order valence-electron chi connectivity index (χ1n) is 10.2. The van der Waals surface area contributed by atoms with Crippen LogP contribution in [0.4, 0.5) is 0 Å². The van der Waals surface area contributed by atoms with Crippen molar-refractivity contribution in [3.63, 3.8) is 0 Å². The van der Waals surface area contributed by atoms with E-state index >= 15 is 0 Å². The molecule has 2 bridgehead atoms. The fourth-order valence-corrected chi connectivity index (χ4v) is 6.05. The van der Waals surface area contributed by atoms with Gasteiger partial charge >= 0.3 is 5.97 Å². The molecule has 0 aromatic carbocycles. The topological polar surface area (TPSA) is 63.6 Å². The Kier molecular flexibility index (Phi) is 5.11. The molecule has 1 N–H and O–H groups in total. The van der Waals surface area contributed by atoms with Crippen LogP contribution < -0.4 is 0 Å². The van der Waals surface area contributed by atoms with Crippen molar-refractivity contribution in [3.8, 4) is 0 Å². The fraction of sp³-hybridized carbons (Fsp3) is 0.818. The minimum atomic E-state index is -0.750. The number of rotatable bonds is 1. The third kappa shape index (κ3) is 3.15. The van der Waals surface area contributed by atoms with Gasteiger partial charge in [0, 0.05) is 12.3 Å². The maximum Gasteiger partial charge on any atom is 0.303 e. The van der Waals surface area contributed by atoms with Crippen molar-refractivity contribution in [2.24, 2.45) is 23.2 Å². The number of ketones is 1. The number of hydrogen-bond donors (Lipinski definition) is 1. The first-order valence-corrected chi connectivity index (χ1v) is 10.2. The lowest BCUT2D eigenvalue weighted by Gasteiger charge is -2.47. The number of Topliss-reactive ketones (excluding diaryl/α,β-unsaturated/α-hetero) is 1. The van der Waals surface area contributed by atoms with Gasteiger partial charge in [0.2, 0.25) is 0 Å². The van der Waals surface area contributed by atoms with Gasteiger partial charge in [0.25, 0.3) is 0 Å². The van der Waals surface area contributed by atoms with Gasteiger partial charge in [-0.15, -0.1) is 0 Å². The predicted octanol–water partition coefficient (Wildman–Crippen LogP) is 4.20. The zero-order valence-corrected chi connectivity index (χ0v) is 16.9. The number of hydrogen-bond acceptors (Lipinski definition) is 4. The van der Waals surface area contributed by atoms with Crippen molar-refractivity contribution in [2.75, 3.05) is 0 Å². The maximum atomic E-state index is 13.3. The van der Waals surface area contributed by atoms with Crippen molar-refractivity contribution in [2.45, 2.75) is 91.3 Å². The van der Waals surface area contributed by atoms with E-state index in [1.807, 2.05) is 6.92 Å². The fourth-order valence-electron chi connectivity index (χ4n) is 6.05. The number of carbonyl (C=O) groups excluding carboxylic acids is 2. The molecule has 4 heteroatoms. The van der Waals surface area contributed by atoms with E-state index in [0.717, 1.165) is 56.1 Å². The van der Waals surface area contributed by atoms with Crippen LogP contribution >= 0.6 is 0 Å². The molecule has 3 aliphatic rings. The van der Waals surface area contributed by atoms with Crippen LogP contribution in [-0.2, 0) is 14.3 Å². The van der Waals surface area contributed by atoms with Gasteiger partial charge in [0.1, 0.15) is 0 Å². The van der Waals surface area contributed by atoms with Crippen LogP contribution in [0.2, 0.25) is 0 Å². The minimum absolute atomic E-state index is 0.00295. The van der Waals surface area contributed by atoms with E-state index in [4.69, 9.17) is 4.74 Å². The van der Waals surface area contributed by atoms with Crippen molar-refractivity contribution in [1.82, 2.24) is 0 Å². The summed E-state index contributed by atoms with van der Waals surface area (Å²) in [5.41, 5.74) is 0.831. The molecule has 6 atom stereocenters. The Morgan fingerprint density at radius 1 is 1.19 bits per heavy atom. The minimum Gasteiger partial charge on any atom is -0.454 e. The van der Waals surface area contributed by atoms with Crippen LogP contribution in [0.1, 0.15) is 79.6 Å². The largest absolute Gasteiger partial charge is 0.454 e. The van der Waals surface area contributed by atoms with Gasteiger partial charge in [-0.25, -0.2) is 0 Å². The van der Waals surface area contributed by atoms with Gasteiger partial charge in [-0.05, 0) is 69.3 Å². The van der Waals surface area contributed by atoms with Crippen LogP contribution in [-0.4, -0.2) is 28.6 Å². The van der Waals surface area contributed by atoms with E-state index in [1.54, 1.807) is 0 Å². The first-order chi connectivity index (χ1) is 12.1. The third-order valence-electron chi connectivity index (χ3n) is 7.53. The Morgan fingerprint density at radius 2 is 1.88 bits per heavy atom. The van der Waals surface area contributed by atoms with Crippen LogP contribution in [0, 0.1) is 23.2 Å². The van der Waals surface area contributed by atoms with Crippen molar-refractivity contribution < 1.29 is 19.4 Å². The third-order valence-corrected chi connectivity index (χ3v) is 7.53. The number of aliphatic hydroxyl groups is 1. The van der Waals surface area contributed by atoms with Crippen LogP contribution in [0.15, 0.2) is 11.1 Å². The second kappa shape index (κ2) is 6.78. The highest BCUT2D eigenvalue weighted by atomic mass is 16.5. The highest BCUT2D eigenvalue weighted by Gasteiger charge is 2.60. The van der Waals surface area contributed by atoms with Gasteiger partial charge in [0.15, 0.2) is 11.9 Å². The Balaban J connectivity index is 2.12. The van der Waals surface area contributed by atoms with Crippen LogP contribution in [0.25, 0.3) is 0 Å².